The molecule has 0 aliphatic heterocycles. The monoisotopic (exact) mass is 248 g/mol. The number of hydrazine groups is 1. The van der Waals surface area contributed by atoms with E-state index in [0.29, 0.717) is 11.4 Å². The van der Waals surface area contributed by atoms with Crippen molar-refractivity contribution in [3.05, 3.63) is 59.1 Å². The number of aromatic nitrogens is 2. The summed E-state index contributed by atoms with van der Waals surface area (Å²) in [5.41, 5.74) is 4.56. The van der Waals surface area contributed by atoms with E-state index in [2.05, 4.69) is 15.4 Å². The second kappa shape index (κ2) is 5.72. The minimum absolute atomic E-state index is 0.118. The lowest BCUT2D eigenvalue weighted by molar-refractivity contribution is 0.538. The first-order chi connectivity index (χ1) is 8.31. The molecule has 2 aromatic rings. The molecule has 1 atom stereocenters. The molecule has 0 aliphatic rings. The van der Waals surface area contributed by atoms with Crippen LogP contribution >= 0.6 is 11.6 Å². The van der Waals surface area contributed by atoms with Gasteiger partial charge in [-0.3, -0.25) is 21.2 Å². The summed E-state index contributed by atoms with van der Waals surface area (Å²) in [6.07, 6.45) is 5.94. The molecule has 0 aromatic carbocycles. The van der Waals surface area contributed by atoms with Crippen molar-refractivity contribution in [3.8, 4) is 0 Å². The van der Waals surface area contributed by atoms with Crippen molar-refractivity contribution in [1.29, 1.82) is 0 Å². The number of hydrogen-bond acceptors (Lipinski definition) is 4. The summed E-state index contributed by atoms with van der Waals surface area (Å²) in [6.45, 7) is 0. The van der Waals surface area contributed by atoms with Gasteiger partial charge in [-0.05, 0) is 30.2 Å². The zero-order chi connectivity index (χ0) is 12.1. The molecule has 2 aromatic heterocycles. The third-order valence-electron chi connectivity index (χ3n) is 2.48. The van der Waals surface area contributed by atoms with E-state index in [9.17, 15) is 0 Å². The second-order valence-corrected chi connectivity index (χ2v) is 4.06. The van der Waals surface area contributed by atoms with Crippen molar-refractivity contribution < 1.29 is 0 Å². The lowest BCUT2D eigenvalue weighted by Gasteiger charge is -2.16. The molecule has 3 N–H and O–H groups in total. The Balaban J connectivity index is 2.21. The highest BCUT2D eigenvalue weighted by atomic mass is 35.5. The molecule has 0 fully saturated rings. The van der Waals surface area contributed by atoms with Gasteiger partial charge < -0.3 is 0 Å². The fraction of sp³-hybridized carbons (Fsp3) is 0.167. The fourth-order valence-electron chi connectivity index (χ4n) is 1.64. The standard InChI is InChI=1S/C12H13ClN4/c13-10-4-2-6-16-12(10)11(17-14)7-9-3-1-5-15-8-9/h1-6,8,11,17H,7,14H2. The van der Waals surface area contributed by atoms with Crippen LogP contribution in [0.1, 0.15) is 17.3 Å². The molecule has 0 bridgehead atoms. The first kappa shape index (κ1) is 12.0. The number of halogens is 1. The predicted molar refractivity (Wildman–Crippen MR) is 67.3 cm³/mol. The van der Waals surface area contributed by atoms with E-state index < -0.39 is 0 Å². The second-order valence-electron chi connectivity index (χ2n) is 3.66. The van der Waals surface area contributed by atoms with Gasteiger partial charge in [0, 0.05) is 18.6 Å². The van der Waals surface area contributed by atoms with E-state index in [4.69, 9.17) is 17.4 Å². The third-order valence-corrected chi connectivity index (χ3v) is 2.80. The van der Waals surface area contributed by atoms with Gasteiger partial charge in [0.25, 0.3) is 0 Å². The SMILES string of the molecule is NNC(Cc1cccnc1)c1ncccc1Cl. The van der Waals surface area contributed by atoms with Gasteiger partial charge in [0.2, 0.25) is 0 Å². The Labute approximate surface area is 105 Å². The van der Waals surface area contributed by atoms with Crippen molar-refractivity contribution >= 4 is 11.6 Å². The lowest BCUT2D eigenvalue weighted by atomic mass is 10.0. The van der Waals surface area contributed by atoms with E-state index in [1.165, 1.54) is 0 Å². The van der Waals surface area contributed by atoms with E-state index in [1.807, 2.05) is 12.1 Å². The summed E-state index contributed by atoms with van der Waals surface area (Å²) >= 11 is 6.09. The Bertz CT molecular complexity index is 475. The van der Waals surface area contributed by atoms with Crippen molar-refractivity contribution in [1.82, 2.24) is 15.4 Å². The molecule has 0 spiro atoms. The summed E-state index contributed by atoms with van der Waals surface area (Å²) in [7, 11) is 0. The molecule has 4 nitrogen and oxygen atoms in total. The van der Waals surface area contributed by atoms with Crippen molar-refractivity contribution in [2.45, 2.75) is 12.5 Å². The van der Waals surface area contributed by atoms with Gasteiger partial charge in [-0.15, -0.1) is 0 Å². The maximum Gasteiger partial charge on any atom is 0.0775 e. The maximum absolute atomic E-state index is 6.09. The molecule has 5 heteroatoms. The van der Waals surface area contributed by atoms with Gasteiger partial charge in [0.1, 0.15) is 0 Å². The highest BCUT2D eigenvalue weighted by Crippen LogP contribution is 2.22. The Hall–Kier alpha value is -1.49. The molecule has 0 amide bonds. The molecule has 2 heterocycles. The number of pyridine rings is 2. The minimum Gasteiger partial charge on any atom is -0.271 e. The summed E-state index contributed by atoms with van der Waals surface area (Å²) < 4.78 is 0. The highest BCUT2D eigenvalue weighted by Gasteiger charge is 2.14. The summed E-state index contributed by atoms with van der Waals surface area (Å²) in [5, 5.41) is 0.611. The predicted octanol–water partition coefficient (Wildman–Crippen LogP) is 1.88. The van der Waals surface area contributed by atoms with Crippen LogP contribution in [0.2, 0.25) is 5.02 Å². The Kier molecular flexibility index (Phi) is 4.03. The first-order valence-electron chi connectivity index (χ1n) is 5.26. The number of rotatable bonds is 4. The molecule has 0 radical (unpaired) electrons. The zero-order valence-corrected chi connectivity index (χ0v) is 9.93. The van der Waals surface area contributed by atoms with Gasteiger partial charge in [0.15, 0.2) is 0 Å². The molecule has 2 rings (SSSR count). The first-order valence-corrected chi connectivity index (χ1v) is 5.64. The Morgan fingerprint density at radius 3 is 2.76 bits per heavy atom. The number of nitrogens with two attached hydrogens (primary N) is 1. The van der Waals surface area contributed by atoms with Crippen LogP contribution < -0.4 is 11.3 Å². The van der Waals surface area contributed by atoms with Crippen LogP contribution in [-0.2, 0) is 6.42 Å². The Morgan fingerprint density at radius 2 is 2.12 bits per heavy atom. The van der Waals surface area contributed by atoms with Crippen LogP contribution in [0.5, 0.6) is 0 Å². The van der Waals surface area contributed by atoms with E-state index in [0.717, 1.165) is 11.3 Å². The van der Waals surface area contributed by atoms with Crippen molar-refractivity contribution in [3.63, 3.8) is 0 Å². The number of hydrogen-bond donors (Lipinski definition) is 2. The summed E-state index contributed by atoms with van der Waals surface area (Å²) in [5.74, 6) is 5.55. The molecule has 0 aliphatic carbocycles. The average Bonchev–Trinajstić information content (AvgIpc) is 2.38. The van der Waals surface area contributed by atoms with Gasteiger partial charge >= 0.3 is 0 Å². The third kappa shape index (κ3) is 3.00. The van der Waals surface area contributed by atoms with Crippen LogP contribution in [0.25, 0.3) is 0 Å². The number of nitrogens with zero attached hydrogens (tertiary/aromatic N) is 2. The fourth-order valence-corrected chi connectivity index (χ4v) is 1.90. The van der Waals surface area contributed by atoms with Crippen LogP contribution in [0.15, 0.2) is 42.9 Å². The van der Waals surface area contributed by atoms with Crippen molar-refractivity contribution in [2.24, 2.45) is 5.84 Å². The van der Waals surface area contributed by atoms with E-state index >= 15 is 0 Å². The largest absolute Gasteiger partial charge is 0.271 e. The molecule has 0 saturated heterocycles. The number of nitrogens with one attached hydrogen (secondary N) is 1. The van der Waals surface area contributed by atoms with Crippen molar-refractivity contribution in [2.75, 3.05) is 0 Å². The van der Waals surface area contributed by atoms with E-state index in [-0.39, 0.29) is 6.04 Å². The van der Waals surface area contributed by atoms with Gasteiger partial charge in [-0.25, -0.2) is 0 Å². The quantitative estimate of drug-likeness (QED) is 0.641. The average molecular weight is 249 g/mol. The normalized spacial score (nSPS) is 12.4. The molecular formula is C12H13ClN4. The zero-order valence-electron chi connectivity index (χ0n) is 9.18. The summed E-state index contributed by atoms with van der Waals surface area (Å²) in [6, 6.07) is 7.37. The molecule has 1 unspecified atom stereocenters. The molecule has 17 heavy (non-hydrogen) atoms. The molecule has 88 valence electrons. The van der Waals surface area contributed by atoms with Crippen LogP contribution in [0.4, 0.5) is 0 Å². The minimum atomic E-state index is -0.118. The maximum atomic E-state index is 6.09. The molecule has 0 saturated carbocycles. The van der Waals surface area contributed by atoms with Crippen LogP contribution in [0, 0.1) is 0 Å². The highest BCUT2D eigenvalue weighted by molar-refractivity contribution is 6.31. The van der Waals surface area contributed by atoms with Gasteiger partial charge in [-0.1, -0.05) is 17.7 Å². The van der Waals surface area contributed by atoms with Crippen LogP contribution in [-0.4, -0.2) is 9.97 Å². The smallest absolute Gasteiger partial charge is 0.0775 e. The topological polar surface area (TPSA) is 63.8 Å². The van der Waals surface area contributed by atoms with Gasteiger partial charge in [-0.2, -0.15) is 0 Å². The summed E-state index contributed by atoms with van der Waals surface area (Å²) in [4.78, 5) is 8.32. The van der Waals surface area contributed by atoms with Crippen LogP contribution in [0.3, 0.4) is 0 Å². The Morgan fingerprint density at radius 1 is 1.29 bits per heavy atom. The molecular weight excluding hydrogens is 236 g/mol. The lowest BCUT2D eigenvalue weighted by Crippen LogP contribution is -2.30. The van der Waals surface area contributed by atoms with E-state index in [1.54, 1.807) is 30.7 Å². The van der Waals surface area contributed by atoms with Gasteiger partial charge in [0.05, 0.1) is 16.8 Å².